The second-order valence-corrected chi connectivity index (χ2v) is 12.9. The Kier molecular flexibility index (Phi) is 12.3. The van der Waals surface area contributed by atoms with E-state index in [-0.39, 0.29) is 23.1 Å². The molecule has 300 valence electrons. The molecule has 3 N–H and O–H groups in total. The fraction of sp³-hybridized carbons (Fsp3) is 0.135. The van der Waals surface area contributed by atoms with Gasteiger partial charge in [0.1, 0.15) is 11.5 Å². The zero-order valence-electron chi connectivity index (χ0n) is 31.7. The number of tetrazole rings is 2. The number of ketones is 1. The predicted octanol–water partition coefficient (Wildman–Crippen LogP) is 3.87. The van der Waals surface area contributed by atoms with Crippen LogP contribution in [0.15, 0.2) is 94.5 Å². The van der Waals surface area contributed by atoms with Crippen LogP contribution >= 0.6 is 23.2 Å². The van der Waals surface area contributed by atoms with Gasteiger partial charge in [-0.3, -0.25) is 33.6 Å². The topological polar surface area (TPSA) is 248 Å². The minimum absolute atomic E-state index is 0.0865. The molecule has 0 spiro atoms. The number of rotatable bonds is 7. The van der Waals surface area contributed by atoms with Gasteiger partial charge in [-0.05, 0) is 81.5 Å². The molecular formula is C37H32Cl2N14O6. The number of anilines is 2. The van der Waals surface area contributed by atoms with Gasteiger partial charge >= 0.3 is 0 Å². The highest BCUT2D eigenvalue weighted by Gasteiger charge is 2.21. The lowest BCUT2D eigenvalue weighted by molar-refractivity contribution is 0.100. The summed E-state index contributed by atoms with van der Waals surface area (Å²) < 4.78 is 15.8. The Bertz CT molecular complexity index is 2960. The van der Waals surface area contributed by atoms with Crippen molar-refractivity contribution < 1.29 is 19.1 Å². The number of ether oxygens (including phenoxy) is 2. The SMILES string of the molecule is COc1ccc(-n2c(=O)c(C(=O)Nc3nnnn3C)nc3ccccc32)cc1Cl.COc1ccc(-n2c(=O)c(C(C)=O)nc3ccccc32)cc1Cl.Cn1nnnc1N. The first-order valence-corrected chi connectivity index (χ1v) is 17.8. The largest absolute Gasteiger partial charge is 0.495 e. The van der Waals surface area contributed by atoms with Crippen molar-refractivity contribution in [1.82, 2.24) is 59.5 Å². The summed E-state index contributed by atoms with van der Waals surface area (Å²) in [5, 5.41) is 24.1. The summed E-state index contributed by atoms with van der Waals surface area (Å²) in [6.07, 6.45) is 0. The van der Waals surface area contributed by atoms with Crippen LogP contribution in [0.2, 0.25) is 10.0 Å². The van der Waals surface area contributed by atoms with Crippen LogP contribution in [-0.2, 0) is 14.1 Å². The van der Waals surface area contributed by atoms with Crippen molar-refractivity contribution in [2.24, 2.45) is 14.1 Å². The second-order valence-electron chi connectivity index (χ2n) is 12.1. The maximum absolute atomic E-state index is 13.2. The molecule has 4 aromatic heterocycles. The van der Waals surface area contributed by atoms with Crippen molar-refractivity contribution in [2.75, 3.05) is 25.3 Å². The molecule has 0 fully saturated rings. The molecule has 8 aromatic rings. The van der Waals surface area contributed by atoms with Crippen molar-refractivity contribution in [3.8, 4) is 22.9 Å². The third kappa shape index (κ3) is 8.72. The van der Waals surface area contributed by atoms with Gasteiger partial charge in [-0.1, -0.05) is 57.7 Å². The van der Waals surface area contributed by atoms with E-state index in [0.29, 0.717) is 60.9 Å². The Hall–Kier alpha value is -7.58. The molecule has 4 heterocycles. The molecule has 0 atom stereocenters. The zero-order valence-corrected chi connectivity index (χ0v) is 33.2. The first-order chi connectivity index (χ1) is 28.3. The van der Waals surface area contributed by atoms with E-state index in [1.807, 2.05) is 0 Å². The van der Waals surface area contributed by atoms with Gasteiger partial charge in [0.15, 0.2) is 17.2 Å². The monoisotopic (exact) mass is 838 g/mol. The molecule has 0 aliphatic heterocycles. The van der Waals surface area contributed by atoms with Crippen LogP contribution < -0.4 is 31.6 Å². The first kappa shape index (κ1) is 41.1. The van der Waals surface area contributed by atoms with E-state index < -0.39 is 17.0 Å². The molecule has 59 heavy (non-hydrogen) atoms. The number of methoxy groups -OCH3 is 2. The van der Waals surface area contributed by atoms with E-state index >= 15 is 0 Å². The van der Waals surface area contributed by atoms with Crippen molar-refractivity contribution in [1.29, 1.82) is 0 Å². The van der Waals surface area contributed by atoms with Gasteiger partial charge in [0.2, 0.25) is 11.9 Å². The van der Waals surface area contributed by atoms with E-state index in [0.717, 1.165) is 0 Å². The average Bonchev–Trinajstić information content (AvgIpc) is 3.82. The number of benzene rings is 4. The lowest BCUT2D eigenvalue weighted by Gasteiger charge is -2.13. The fourth-order valence-corrected chi connectivity index (χ4v) is 5.98. The van der Waals surface area contributed by atoms with Crippen LogP contribution in [0.1, 0.15) is 27.9 Å². The summed E-state index contributed by atoms with van der Waals surface area (Å²) in [6.45, 7) is 1.32. The van der Waals surface area contributed by atoms with Gasteiger partial charge in [-0.25, -0.2) is 19.3 Å². The number of aryl methyl sites for hydroxylation is 2. The Balaban J connectivity index is 0.000000173. The molecule has 0 bridgehead atoms. The summed E-state index contributed by atoms with van der Waals surface area (Å²) in [5.41, 5.74) is 6.82. The number of fused-ring (bicyclic) bond motifs is 2. The molecule has 0 aliphatic carbocycles. The third-order valence-corrected chi connectivity index (χ3v) is 8.95. The van der Waals surface area contributed by atoms with Gasteiger partial charge in [-0.2, -0.15) is 0 Å². The van der Waals surface area contributed by atoms with E-state index in [1.54, 1.807) is 99.0 Å². The number of nitrogens with one attached hydrogen (secondary N) is 1. The maximum Gasteiger partial charge on any atom is 0.287 e. The highest BCUT2D eigenvalue weighted by Crippen LogP contribution is 2.29. The van der Waals surface area contributed by atoms with Gasteiger partial charge < -0.3 is 15.2 Å². The van der Waals surface area contributed by atoms with Crippen molar-refractivity contribution >= 4 is 68.9 Å². The number of carbonyl (C=O) groups excluding carboxylic acids is 2. The normalized spacial score (nSPS) is 10.6. The van der Waals surface area contributed by atoms with Crippen LogP contribution in [0.25, 0.3) is 33.4 Å². The number of aromatic nitrogens is 12. The number of nitrogens with two attached hydrogens (primary N) is 1. The number of carbonyl (C=O) groups is 2. The number of hydrogen-bond acceptors (Lipinski definition) is 15. The molecule has 0 saturated carbocycles. The van der Waals surface area contributed by atoms with Crippen molar-refractivity contribution in [3.63, 3.8) is 0 Å². The number of Topliss-reactive ketones (excluding diaryl/α,β-unsaturated/α-hetero) is 1. The van der Waals surface area contributed by atoms with Crippen LogP contribution in [0.4, 0.5) is 11.9 Å². The van der Waals surface area contributed by atoms with Crippen LogP contribution in [0.3, 0.4) is 0 Å². The molecule has 1 amide bonds. The summed E-state index contributed by atoms with van der Waals surface area (Å²) in [7, 11) is 6.25. The molecule has 0 radical (unpaired) electrons. The lowest BCUT2D eigenvalue weighted by atomic mass is 10.2. The van der Waals surface area contributed by atoms with Gasteiger partial charge in [-0.15, -0.1) is 0 Å². The number of nitrogen functional groups attached to an aromatic ring is 1. The molecule has 0 saturated heterocycles. The second kappa shape index (κ2) is 17.7. The smallest absolute Gasteiger partial charge is 0.287 e. The molecule has 0 unspecified atom stereocenters. The van der Waals surface area contributed by atoms with Crippen LogP contribution in [-0.4, -0.2) is 85.4 Å². The minimum atomic E-state index is -0.730. The van der Waals surface area contributed by atoms with Crippen LogP contribution in [0.5, 0.6) is 11.5 Å². The van der Waals surface area contributed by atoms with Gasteiger partial charge in [0.25, 0.3) is 17.0 Å². The number of hydrogen-bond donors (Lipinski definition) is 2. The third-order valence-electron chi connectivity index (χ3n) is 8.36. The number of nitrogens with zero attached hydrogens (tertiary/aromatic N) is 12. The fourth-order valence-electron chi connectivity index (χ4n) is 5.47. The Labute approximate surface area is 342 Å². The lowest BCUT2D eigenvalue weighted by Crippen LogP contribution is -2.31. The molecular weight excluding hydrogens is 807 g/mol. The maximum atomic E-state index is 13.2. The van der Waals surface area contributed by atoms with E-state index in [4.69, 9.17) is 38.4 Å². The summed E-state index contributed by atoms with van der Waals surface area (Å²) >= 11 is 12.4. The van der Waals surface area contributed by atoms with Crippen LogP contribution in [0, 0.1) is 0 Å². The number of halogens is 2. The molecule has 20 nitrogen and oxygen atoms in total. The van der Waals surface area contributed by atoms with E-state index in [1.165, 1.54) is 39.6 Å². The molecule has 8 rings (SSSR count). The molecule has 4 aromatic carbocycles. The quantitative estimate of drug-likeness (QED) is 0.216. The number of amides is 1. The first-order valence-electron chi connectivity index (χ1n) is 17.1. The summed E-state index contributed by atoms with van der Waals surface area (Å²) in [5.74, 6) is 0.285. The molecule has 22 heteroatoms. The average molecular weight is 840 g/mol. The molecule has 0 aliphatic rings. The number of para-hydroxylation sites is 4. The summed E-state index contributed by atoms with van der Waals surface area (Å²) in [4.78, 5) is 58.8. The van der Waals surface area contributed by atoms with Gasteiger partial charge in [0.05, 0.1) is 57.7 Å². The minimum Gasteiger partial charge on any atom is -0.495 e. The Morgan fingerprint density at radius 2 is 1.15 bits per heavy atom. The van der Waals surface area contributed by atoms with E-state index in [2.05, 4.69) is 46.3 Å². The van der Waals surface area contributed by atoms with Crippen molar-refractivity contribution in [3.05, 3.63) is 127 Å². The highest BCUT2D eigenvalue weighted by atomic mass is 35.5. The Morgan fingerprint density at radius 1 is 0.678 bits per heavy atom. The zero-order chi connectivity index (χ0) is 42.4. The standard InChI is InChI=1S/C18H14ClN7O3.C17H13ClN2O3.C2H5N5/c1-25-18(22-23-24-25)21-16(27)15-17(28)26(13-6-4-3-5-12(13)20-15)10-7-8-14(29-2)11(19)9-10;1-10(21)16-17(22)20(14-6-4-3-5-13(14)19-16)11-7-8-15(23-2)12(18)9-11;1-7-2(3)4-5-6-7/h3-9H,1-2H3,(H,21,22,24,27);3-9H,1-2H3;1H3,(H2,3,4,6). The van der Waals surface area contributed by atoms with Gasteiger partial charge in [0, 0.05) is 21.0 Å². The van der Waals surface area contributed by atoms with E-state index in [9.17, 15) is 19.2 Å². The Morgan fingerprint density at radius 3 is 1.56 bits per heavy atom. The highest BCUT2D eigenvalue weighted by molar-refractivity contribution is 6.32. The predicted molar refractivity (Wildman–Crippen MR) is 218 cm³/mol. The summed E-state index contributed by atoms with van der Waals surface area (Å²) in [6, 6.07) is 24.0. The van der Waals surface area contributed by atoms with Crippen molar-refractivity contribution in [2.45, 2.75) is 6.92 Å².